The highest BCUT2D eigenvalue weighted by Crippen LogP contribution is 2.16. The number of aliphatic imine (C=N–C) groups is 1. The standard InChI is InChI=1S/C19H40N4O/c1-5-6-12-24-13-8-10-21-19(20-4)22-14-18-9-7-11-23(16-18)15-17(2)3/h17-18H,5-16H2,1-4H3,(H2,20,21,22). The summed E-state index contributed by atoms with van der Waals surface area (Å²) in [5, 5.41) is 6.88. The van der Waals surface area contributed by atoms with Crippen LogP contribution in [0, 0.1) is 11.8 Å². The zero-order valence-electron chi connectivity index (χ0n) is 16.4. The molecule has 1 unspecified atom stereocenters. The topological polar surface area (TPSA) is 48.9 Å². The van der Waals surface area contributed by atoms with E-state index in [1.165, 1.54) is 38.9 Å². The first kappa shape index (κ1) is 21.2. The van der Waals surface area contributed by atoms with Crippen LogP contribution in [0.5, 0.6) is 0 Å². The SMILES string of the molecule is CCCCOCCCNC(=NC)NCC1CCCN(CC(C)C)C1. The molecule has 0 amide bonds. The molecule has 1 aliphatic heterocycles. The molecule has 0 saturated carbocycles. The zero-order chi connectivity index (χ0) is 17.6. The summed E-state index contributed by atoms with van der Waals surface area (Å²) in [6.45, 7) is 14.1. The first-order valence-electron chi connectivity index (χ1n) is 9.90. The van der Waals surface area contributed by atoms with E-state index in [0.29, 0.717) is 0 Å². The number of nitrogens with one attached hydrogen (secondary N) is 2. The third kappa shape index (κ3) is 10.1. The third-order valence-electron chi connectivity index (χ3n) is 4.41. The van der Waals surface area contributed by atoms with Crippen molar-refractivity contribution in [1.29, 1.82) is 0 Å². The molecule has 1 saturated heterocycles. The molecule has 0 aromatic heterocycles. The highest BCUT2D eigenvalue weighted by atomic mass is 16.5. The Morgan fingerprint density at radius 2 is 2.04 bits per heavy atom. The van der Waals surface area contributed by atoms with Gasteiger partial charge in [-0.15, -0.1) is 0 Å². The van der Waals surface area contributed by atoms with Crippen LogP contribution in [0.1, 0.15) is 52.9 Å². The van der Waals surface area contributed by atoms with Gasteiger partial charge in [0, 0.05) is 46.4 Å². The van der Waals surface area contributed by atoms with Crippen LogP contribution in [0.25, 0.3) is 0 Å². The van der Waals surface area contributed by atoms with Crippen LogP contribution >= 0.6 is 0 Å². The Hall–Kier alpha value is -0.810. The van der Waals surface area contributed by atoms with E-state index in [4.69, 9.17) is 4.74 Å². The minimum absolute atomic E-state index is 0.730. The van der Waals surface area contributed by atoms with Crippen molar-refractivity contribution in [3.63, 3.8) is 0 Å². The van der Waals surface area contributed by atoms with Crippen molar-refractivity contribution in [2.24, 2.45) is 16.8 Å². The maximum absolute atomic E-state index is 5.58. The molecule has 0 aromatic carbocycles. The second-order valence-corrected chi connectivity index (χ2v) is 7.36. The van der Waals surface area contributed by atoms with E-state index in [0.717, 1.165) is 56.9 Å². The molecule has 1 heterocycles. The number of piperidine rings is 1. The van der Waals surface area contributed by atoms with E-state index in [9.17, 15) is 0 Å². The van der Waals surface area contributed by atoms with Gasteiger partial charge in [0.2, 0.25) is 0 Å². The number of unbranched alkanes of at least 4 members (excludes halogenated alkanes) is 1. The average molecular weight is 341 g/mol. The molecule has 2 N–H and O–H groups in total. The molecule has 24 heavy (non-hydrogen) atoms. The van der Waals surface area contributed by atoms with Crippen molar-refractivity contribution in [2.75, 3.05) is 53.0 Å². The lowest BCUT2D eigenvalue weighted by molar-refractivity contribution is 0.129. The number of likely N-dealkylation sites (tertiary alicyclic amines) is 1. The van der Waals surface area contributed by atoms with Crippen molar-refractivity contribution in [3.05, 3.63) is 0 Å². The van der Waals surface area contributed by atoms with Crippen LogP contribution < -0.4 is 10.6 Å². The highest BCUT2D eigenvalue weighted by Gasteiger charge is 2.20. The number of hydrogen-bond donors (Lipinski definition) is 2. The van der Waals surface area contributed by atoms with Gasteiger partial charge in [-0.1, -0.05) is 27.2 Å². The summed E-state index contributed by atoms with van der Waals surface area (Å²) in [7, 11) is 1.85. The minimum Gasteiger partial charge on any atom is -0.381 e. The Balaban J connectivity index is 2.12. The fourth-order valence-corrected chi connectivity index (χ4v) is 3.19. The molecule has 1 fully saturated rings. The minimum atomic E-state index is 0.730. The molecule has 1 rings (SSSR count). The van der Waals surface area contributed by atoms with Gasteiger partial charge in [0.15, 0.2) is 5.96 Å². The van der Waals surface area contributed by atoms with E-state index >= 15 is 0 Å². The Morgan fingerprint density at radius 1 is 1.25 bits per heavy atom. The summed E-state index contributed by atoms with van der Waals surface area (Å²) in [5.41, 5.74) is 0. The first-order chi connectivity index (χ1) is 11.7. The molecule has 0 radical (unpaired) electrons. The smallest absolute Gasteiger partial charge is 0.190 e. The Morgan fingerprint density at radius 3 is 2.75 bits per heavy atom. The van der Waals surface area contributed by atoms with E-state index < -0.39 is 0 Å². The summed E-state index contributed by atoms with van der Waals surface area (Å²) in [6, 6.07) is 0. The van der Waals surface area contributed by atoms with Gasteiger partial charge in [-0.05, 0) is 44.1 Å². The molecule has 142 valence electrons. The normalized spacial score (nSPS) is 19.7. The van der Waals surface area contributed by atoms with Gasteiger partial charge in [-0.3, -0.25) is 4.99 Å². The van der Waals surface area contributed by atoms with Gasteiger partial charge in [-0.2, -0.15) is 0 Å². The summed E-state index contributed by atoms with van der Waals surface area (Å²) in [6.07, 6.45) is 6.02. The Kier molecular flexibility index (Phi) is 11.9. The number of guanidine groups is 1. The number of hydrogen-bond acceptors (Lipinski definition) is 3. The van der Waals surface area contributed by atoms with Crippen LogP contribution in [-0.4, -0.2) is 63.8 Å². The van der Waals surface area contributed by atoms with Crippen LogP contribution in [0.4, 0.5) is 0 Å². The highest BCUT2D eigenvalue weighted by molar-refractivity contribution is 5.79. The van der Waals surface area contributed by atoms with Gasteiger partial charge in [0.05, 0.1) is 0 Å². The van der Waals surface area contributed by atoms with Gasteiger partial charge in [-0.25, -0.2) is 0 Å². The Labute approximate surface area is 149 Å². The van der Waals surface area contributed by atoms with Gasteiger partial charge in [0.25, 0.3) is 0 Å². The van der Waals surface area contributed by atoms with Crippen LogP contribution in [0.2, 0.25) is 0 Å². The van der Waals surface area contributed by atoms with Crippen LogP contribution in [-0.2, 0) is 4.74 Å². The second kappa shape index (κ2) is 13.5. The van der Waals surface area contributed by atoms with Crippen molar-refractivity contribution in [1.82, 2.24) is 15.5 Å². The zero-order valence-corrected chi connectivity index (χ0v) is 16.4. The van der Waals surface area contributed by atoms with Crippen molar-refractivity contribution in [3.8, 4) is 0 Å². The predicted octanol–water partition coefficient (Wildman–Crippen LogP) is 2.73. The molecule has 0 spiro atoms. The lowest BCUT2D eigenvalue weighted by Gasteiger charge is -2.34. The molecule has 1 aliphatic rings. The molecule has 0 aromatic rings. The van der Waals surface area contributed by atoms with E-state index in [1.54, 1.807) is 0 Å². The Bertz CT molecular complexity index is 333. The molecule has 0 bridgehead atoms. The summed E-state index contributed by atoms with van der Waals surface area (Å²) >= 11 is 0. The molecule has 5 heteroatoms. The lowest BCUT2D eigenvalue weighted by atomic mass is 9.97. The number of nitrogens with zero attached hydrogens (tertiary/aromatic N) is 2. The maximum atomic E-state index is 5.58. The molecule has 0 aliphatic carbocycles. The predicted molar refractivity (Wildman–Crippen MR) is 104 cm³/mol. The first-order valence-corrected chi connectivity index (χ1v) is 9.90. The van der Waals surface area contributed by atoms with E-state index in [-0.39, 0.29) is 0 Å². The maximum Gasteiger partial charge on any atom is 0.190 e. The summed E-state index contributed by atoms with van der Waals surface area (Å²) < 4.78 is 5.58. The van der Waals surface area contributed by atoms with E-state index in [2.05, 4.69) is 41.3 Å². The molecule has 5 nitrogen and oxygen atoms in total. The average Bonchev–Trinajstić information content (AvgIpc) is 2.56. The number of ether oxygens (including phenoxy) is 1. The monoisotopic (exact) mass is 340 g/mol. The number of rotatable bonds is 11. The fourth-order valence-electron chi connectivity index (χ4n) is 3.19. The summed E-state index contributed by atoms with van der Waals surface area (Å²) in [4.78, 5) is 6.94. The molecular weight excluding hydrogens is 300 g/mol. The van der Waals surface area contributed by atoms with Crippen LogP contribution in [0.3, 0.4) is 0 Å². The van der Waals surface area contributed by atoms with Crippen molar-refractivity contribution >= 4 is 5.96 Å². The third-order valence-corrected chi connectivity index (χ3v) is 4.41. The quantitative estimate of drug-likeness (QED) is 0.345. The van der Waals surface area contributed by atoms with Crippen molar-refractivity contribution in [2.45, 2.75) is 52.9 Å². The van der Waals surface area contributed by atoms with Crippen molar-refractivity contribution < 1.29 is 4.74 Å². The summed E-state index contributed by atoms with van der Waals surface area (Å²) in [5.74, 6) is 2.41. The fraction of sp³-hybridized carbons (Fsp3) is 0.947. The van der Waals surface area contributed by atoms with Crippen LogP contribution in [0.15, 0.2) is 4.99 Å². The van der Waals surface area contributed by atoms with Gasteiger partial charge >= 0.3 is 0 Å². The lowest BCUT2D eigenvalue weighted by Crippen LogP contribution is -2.45. The second-order valence-electron chi connectivity index (χ2n) is 7.36. The molecule has 1 atom stereocenters. The van der Waals surface area contributed by atoms with Gasteiger partial charge < -0.3 is 20.3 Å². The van der Waals surface area contributed by atoms with Gasteiger partial charge in [0.1, 0.15) is 0 Å². The largest absolute Gasteiger partial charge is 0.381 e. The van der Waals surface area contributed by atoms with E-state index in [1.807, 2.05) is 7.05 Å². The molecular formula is C19H40N4O.